The Kier molecular flexibility index (Phi) is 5.76. The van der Waals surface area contributed by atoms with Gasteiger partial charge in [-0.25, -0.2) is 0 Å². The molecule has 0 saturated carbocycles. The van der Waals surface area contributed by atoms with Crippen molar-refractivity contribution in [1.29, 1.82) is 0 Å². The summed E-state index contributed by atoms with van der Waals surface area (Å²) in [5.41, 5.74) is 0.934. The van der Waals surface area contributed by atoms with Crippen LogP contribution < -0.4 is 5.32 Å². The van der Waals surface area contributed by atoms with Crippen molar-refractivity contribution in [3.05, 3.63) is 29.3 Å². The molecule has 0 saturated heterocycles. The first kappa shape index (κ1) is 15.2. The van der Waals surface area contributed by atoms with Crippen LogP contribution in [-0.4, -0.2) is 41.3 Å². The largest absolute Gasteiger partial charge is 0.359 e. The molecule has 0 amide bonds. The van der Waals surface area contributed by atoms with Crippen LogP contribution >= 0.6 is 22.9 Å². The highest BCUT2D eigenvalue weighted by molar-refractivity contribution is 7.18. The van der Waals surface area contributed by atoms with Crippen LogP contribution in [0.25, 0.3) is 10.6 Å². The smallest absolute Gasteiger partial charge is 0.206 e. The predicted octanol–water partition coefficient (Wildman–Crippen LogP) is 3.61. The monoisotopic (exact) mass is 310 g/mol. The summed E-state index contributed by atoms with van der Waals surface area (Å²) in [6, 6.07) is 7.69. The van der Waals surface area contributed by atoms with Crippen LogP contribution in [0.2, 0.25) is 5.02 Å². The summed E-state index contributed by atoms with van der Waals surface area (Å²) >= 11 is 7.69. The molecule has 6 heteroatoms. The average molecular weight is 311 g/mol. The molecule has 4 nitrogen and oxygen atoms in total. The molecule has 0 aliphatic rings. The first-order chi connectivity index (χ1) is 9.74. The number of likely N-dealkylation sites (N-methyl/N-ethyl adjacent to an activating group) is 1. The lowest BCUT2D eigenvalue weighted by Crippen LogP contribution is -2.28. The second-order valence-corrected chi connectivity index (χ2v) is 5.73. The Morgan fingerprint density at radius 3 is 2.65 bits per heavy atom. The standard InChI is InChI=1S/C14H19ClN4S/c1-3-19(4-2)10-9-16-14-18-17-13(20-14)11-7-5-6-8-12(11)15/h5-8H,3-4,9-10H2,1-2H3,(H,16,18). The number of halogens is 1. The zero-order valence-corrected chi connectivity index (χ0v) is 13.3. The number of hydrogen-bond donors (Lipinski definition) is 1. The van der Waals surface area contributed by atoms with Crippen molar-refractivity contribution < 1.29 is 0 Å². The van der Waals surface area contributed by atoms with Crippen molar-refractivity contribution in [2.45, 2.75) is 13.8 Å². The van der Waals surface area contributed by atoms with Gasteiger partial charge in [0, 0.05) is 18.7 Å². The van der Waals surface area contributed by atoms with Gasteiger partial charge in [0.15, 0.2) is 5.01 Å². The van der Waals surface area contributed by atoms with Gasteiger partial charge in [0.2, 0.25) is 5.13 Å². The van der Waals surface area contributed by atoms with Gasteiger partial charge in [0.05, 0.1) is 5.02 Å². The maximum Gasteiger partial charge on any atom is 0.206 e. The van der Waals surface area contributed by atoms with E-state index in [1.165, 1.54) is 11.3 Å². The molecule has 2 rings (SSSR count). The second-order valence-electron chi connectivity index (χ2n) is 4.35. The van der Waals surface area contributed by atoms with Gasteiger partial charge in [-0.3, -0.25) is 0 Å². The SMILES string of the molecule is CCN(CC)CCNc1nnc(-c2ccccc2Cl)s1. The highest BCUT2D eigenvalue weighted by Crippen LogP contribution is 2.31. The van der Waals surface area contributed by atoms with E-state index in [-0.39, 0.29) is 0 Å². The first-order valence-electron chi connectivity index (χ1n) is 6.79. The van der Waals surface area contributed by atoms with Crippen molar-refractivity contribution in [3.63, 3.8) is 0 Å². The molecule has 0 atom stereocenters. The first-order valence-corrected chi connectivity index (χ1v) is 7.98. The molecule has 0 aliphatic heterocycles. The molecule has 0 fully saturated rings. The van der Waals surface area contributed by atoms with E-state index >= 15 is 0 Å². The van der Waals surface area contributed by atoms with Gasteiger partial charge >= 0.3 is 0 Å². The molecular weight excluding hydrogens is 292 g/mol. The number of benzene rings is 1. The summed E-state index contributed by atoms with van der Waals surface area (Å²) in [5.74, 6) is 0. The molecule has 0 bridgehead atoms. The number of anilines is 1. The number of nitrogens with one attached hydrogen (secondary N) is 1. The van der Waals surface area contributed by atoms with E-state index in [0.717, 1.165) is 41.9 Å². The second kappa shape index (κ2) is 7.57. The minimum atomic E-state index is 0.707. The van der Waals surface area contributed by atoms with E-state index < -0.39 is 0 Å². The van der Waals surface area contributed by atoms with Crippen LogP contribution in [0, 0.1) is 0 Å². The molecule has 1 aromatic heterocycles. The van der Waals surface area contributed by atoms with Crippen LogP contribution in [0.5, 0.6) is 0 Å². The average Bonchev–Trinajstić information content (AvgIpc) is 2.93. The van der Waals surface area contributed by atoms with Crippen molar-refractivity contribution in [3.8, 4) is 10.6 Å². The number of hydrogen-bond acceptors (Lipinski definition) is 5. The van der Waals surface area contributed by atoms with E-state index in [9.17, 15) is 0 Å². The Labute approximate surface area is 128 Å². The van der Waals surface area contributed by atoms with Crippen LogP contribution in [-0.2, 0) is 0 Å². The Morgan fingerprint density at radius 1 is 1.20 bits per heavy atom. The molecule has 20 heavy (non-hydrogen) atoms. The lowest BCUT2D eigenvalue weighted by molar-refractivity contribution is 0.316. The summed E-state index contributed by atoms with van der Waals surface area (Å²) < 4.78 is 0. The zero-order chi connectivity index (χ0) is 14.4. The van der Waals surface area contributed by atoms with E-state index in [2.05, 4.69) is 34.3 Å². The molecule has 1 N–H and O–H groups in total. The summed E-state index contributed by atoms with van der Waals surface area (Å²) in [6.45, 7) is 8.36. The Morgan fingerprint density at radius 2 is 1.95 bits per heavy atom. The minimum Gasteiger partial charge on any atom is -0.359 e. The Balaban J connectivity index is 1.94. The maximum absolute atomic E-state index is 6.16. The van der Waals surface area contributed by atoms with Crippen molar-refractivity contribution in [2.24, 2.45) is 0 Å². The quantitative estimate of drug-likeness (QED) is 0.848. The summed E-state index contributed by atoms with van der Waals surface area (Å²) in [5, 5.41) is 14.1. The third-order valence-electron chi connectivity index (χ3n) is 3.13. The number of rotatable bonds is 7. The zero-order valence-electron chi connectivity index (χ0n) is 11.8. The normalized spacial score (nSPS) is 11.0. The topological polar surface area (TPSA) is 41.0 Å². The highest BCUT2D eigenvalue weighted by atomic mass is 35.5. The van der Waals surface area contributed by atoms with E-state index in [1.807, 2.05) is 24.3 Å². The van der Waals surface area contributed by atoms with Gasteiger partial charge in [-0.2, -0.15) is 0 Å². The minimum absolute atomic E-state index is 0.707. The van der Waals surface area contributed by atoms with Crippen molar-refractivity contribution >= 4 is 28.1 Å². The molecule has 1 aromatic carbocycles. The predicted molar refractivity (Wildman–Crippen MR) is 86.6 cm³/mol. The van der Waals surface area contributed by atoms with Crippen molar-refractivity contribution in [1.82, 2.24) is 15.1 Å². The molecule has 0 radical (unpaired) electrons. The molecule has 1 heterocycles. The molecule has 108 valence electrons. The van der Waals surface area contributed by atoms with Gasteiger partial charge in [-0.05, 0) is 19.2 Å². The number of nitrogens with zero attached hydrogens (tertiary/aromatic N) is 3. The fourth-order valence-electron chi connectivity index (χ4n) is 1.90. The lowest BCUT2D eigenvalue weighted by atomic mass is 10.2. The maximum atomic E-state index is 6.16. The van der Waals surface area contributed by atoms with Gasteiger partial charge in [0.25, 0.3) is 0 Å². The molecule has 0 spiro atoms. The third-order valence-corrected chi connectivity index (χ3v) is 4.37. The van der Waals surface area contributed by atoms with E-state index in [4.69, 9.17) is 11.6 Å². The lowest BCUT2D eigenvalue weighted by Gasteiger charge is -2.17. The summed E-state index contributed by atoms with van der Waals surface area (Å²) in [4.78, 5) is 2.36. The summed E-state index contributed by atoms with van der Waals surface area (Å²) in [7, 11) is 0. The third kappa shape index (κ3) is 3.91. The summed E-state index contributed by atoms with van der Waals surface area (Å²) in [6.07, 6.45) is 0. The van der Waals surface area contributed by atoms with Gasteiger partial charge in [-0.15, -0.1) is 10.2 Å². The van der Waals surface area contributed by atoms with Crippen LogP contribution in [0.4, 0.5) is 5.13 Å². The van der Waals surface area contributed by atoms with Crippen LogP contribution in [0.1, 0.15) is 13.8 Å². The fraction of sp³-hybridized carbons (Fsp3) is 0.429. The molecule has 0 aliphatic carbocycles. The molecule has 0 unspecified atom stereocenters. The molecule has 2 aromatic rings. The Bertz CT molecular complexity index is 539. The van der Waals surface area contributed by atoms with Gasteiger partial charge in [-0.1, -0.05) is 55.0 Å². The molecular formula is C14H19ClN4S. The van der Waals surface area contributed by atoms with Gasteiger partial charge in [0.1, 0.15) is 0 Å². The highest BCUT2D eigenvalue weighted by Gasteiger charge is 2.09. The van der Waals surface area contributed by atoms with Crippen LogP contribution in [0.3, 0.4) is 0 Å². The van der Waals surface area contributed by atoms with Crippen molar-refractivity contribution in [2.75, 3.05) is 31.5 Å². The fourth-order valence-corrected chi connectivity index (χ4v) is 2.99. The van der Waals surface area contributed by atoms with E-state index in [0.29, 0.717) is 5.02 Å². The van der Waals surface area contributed by atoms with E-state index in [1.54, 1.807) is 0 Å². The van der Waals surface area contributed by atoms with Gasteiger partial charge < -0.3 is 10.2 Å². The van der Waals surface area contributed by atoms with Crippen LogP contribution in [0.15, 0.2) is 24.3 Å². The Hall–Kier alpha value is -1.17. The number of aromatic nitrogens is 2.